The monoisotopic (exact) mass is 182 g/mol. The number of phenols is 1. The van der Waals surface area contributed by atoms with Gasteiger partial charge in [0.05, 0.1) is 0 Å². The Balaban J connectivity index is 2.75. The molecule has 0 amide bonds. The lowest BCUT2D eigenvalue weighted by Crippen LogP contribution is -1.96. The van der Waals surface area contributed by atoms with Crippen molar-refractivity contribution in [3.8, 4) is 5.75 Å². The van der Waals surface area contributed by atoms with Gasteiger partial charge in [0.2, 0.25) is 0 Å². The summed E-state index contributed by atoms with van der Waals surface area (Å²) in [6, 6.07) is 3.83. The average molecular weight is 182 g/mol. The number of rotatable bonds is 3. The van der Waals surface area contributed by atoms with Gasteiger partial charge in [-0.25, -0.2) is 4.39 Å². The lowest BCUT2D eigenvalue weighted by Gasteiger charge is -2.01. The molecule has 0 fully saturated rings. The second-order valence-corrected chi connectivity index (χ2v) is 2.98. The maximum Gasteiger partial charge on any atom is 0.130 e. The van der Waals surface area contributed by atoms with E-state index in [1.54, 1.807) is 0 Å². The van der Waals surface area contributed by atoms with Gasteiger partial charge in [-0.1, -0.05) is 0 Å². The van der Waals surface area contributed by atoms with Crippen LogP contribution in [0.25, 0.3) is 0 Å². The van der Waals surface area contributed by atoms with Crippen LogP contribution in [0.5, 0.6) is 5.75 Å². The van der Waals surface area contributed by atoms with Crippen molar-refractivity contribution in [1.29, 1.82) is 0 Å². The van der Waals surface area contributed by atoms with Gasteiger partial charge in [0, 0.05) is 6.42 Å². The SMILES string of the molecule is CC(=O)CCc1cc(O)ccc1F. The number of hydrogen-bond acceptors (Lipinski definition) is 2. The first kappa shape index (κ1) is 9.71. The van der Waals surface area contributed by atoms with E-state index in [0.717, 1.165) is 0 Å². The first-order valence-corrected chi connectivity index (χ1v) is 4.06. The smallest absolute Gasteiger partial charge is 0.130 e. The Morgan fingerprint density at radius 3 is 2.85 bits per heavy atom. The van der Waals surface area contributed by atoms with Crippen molar-refractivity contribution in [3.63, 3.8) is 0 Å². The van der Waals surface area contributed by atoms with E-state index in [0.29, 0.717) is 18.4 Å². The lowest BCUT2D eigenvalue weighted by molar-refractivity contribution is -0.116. The molecular weight excluding hydrogens is 171 g/mol. The molecule has 1 aromatic carbocycles. The summed E-state index contributed by atoms with van der Waals surface area (Å²) in [5.41, 5.74) is 0.384. The number of carbonyl (C=O) groups excluding carboxylic acids is 1. The summed E-state index contributed by atoms with van der Waals surface area (Å²) in [5, 5.41) is 9.05. The predicted octanol–water partition coefficient (Wildman–Crippen LogP) is 2.05. The van der Waals surface area contributed by atoms with Crippen LogP contribution in [-0.4, -0.2) is 10.9 Å². The highest BCUT2D eigenvalue weighted by molar-refractivity contribution is 5.75. The predicted molar refractivity (Wildman–Crippen MR) is 47.1 cm³/mol. The molecule has 0 aliphatic heterocycles. The molecule has 0 saturated carbocycles. The first-order chi connectivity index (χ1) is 6.09. The highest BCUT2D eigenvalue weighted by Crippen LogP contribution is 2.16. The fraction of sp³-hybridized carbons (Fsp3) is 0.300. The van der Waals surface area contributed by atoms with Gasteiger partial charge in [-0.15, -0.1) is 0 Å². The Bertz CT molecular complexity index is 321. The Kier molecular flexibility index (Phi) is 3.01. The number of halogens is 1. The van der Waals surface area contributed by atoms with E-state index < -0.39 is 0 Å². The number of benzene rings is 1. The van der Waals surface area contributed by atoms with E-state index in [-0.39, 0.29) is 17.3 Å². The maximum absolute atomic E-state index is 13.0. The maximum atomic E-state index is 13.0. The molecule has 0 aromatic heterocycles. The Morgan fingerprint density at radius 1 is 1.54 bits per heavy atom. The highest BCUT2D eigenvalue weighted by atomic mass is 19.1. The van der Waals surface area contributed by atoms with Gasteiger partial charge in [-0.05, 0) is 37.1 Å². The molecule has 70 valence electrons. The van der Waals surface area contributed by atoms with Crippen LogP contribution in [0.3, 0.4) is 0 Å². The van der Waals surface area contributed by atoms with Gasteiger partial charge >= 0.3 is 0 Å². The number of ketones is 1. The number of Topliss-reactive ketones (excluding diaryl/α,β-unsaturated/α-hetero) is 1. The van der Waals surface area contributed by atoms with Gasteiger partial charge in [0.15, 0.2) is 0 Å². The lowest BCUT2D eigenvalue weighted by atomic mass is 10.1. The van der Waals surface area contributed by atoms with Crippen molar-refractivity contribution in [2.24, 2.45) is 0 Å². The van der Waals surface area contributed by atoms with E-state index in [9.17, 15) is 9.18 Å². The number of aryl methyl sites for hydroxylation is 1. The molecule has 0 radical (unpaired) electrons. The summed E-state index contributed by atoms with van der Waals surface area (Å²) in [6.45, 7) is 1.46. The normalized spacial score (nSPS) is 10.0. The molecule has 0 bridgehead atoms. The fourth-order valence-electron chi connectivity index (χ4n) is 1.06. The van der Waals surface area contributed by atoms with Crippen molar-refractivity contribution >= 4 is 5.78 Å². The Hall–Kier alpha value is -1.38. The van der Waals surface area contributed by atoms with E-state index in [1.807, 2.05) is 0 Å². The minimum atomic E-state index is -0.376. The minimum absolute atomic E-state index is 0.0164. The summed E-state index contributed by atoms with van der Waals surface area (Å²) in [4.78, 5) is 10.6. The first-order valence-electron chi connectivity index (χ1n) is 4.06. The molecule has 0 unspecified atom stereocenters. The largest absolute Gasteiger partial charge is 0.508 e. The number of carbonyl (C=O) groups is 1. The molecule has 1 N–H and O–H groups in total. The van der Waals surface area contributed by atoms with Gasteiger partial charge < -0.3 is 9.90 Å². The molecule has 0 aliphatic carbocycles. The third-order valence-corrected chi connectivity index (χ3v) is 1.78. The van der Waals surface area contributed by atoms with Gasteiger partial charge in [0.25, 0.3) is 0 Å². The zero-order valence-electron chi connectivity index (χ0n) is 7.38. The van der Waals surface area contributed by atoms with Crippen LogP contribution >= 0.6 is 0 Å². The van der Waals surface area contributed by atoms with Crippen molar-refractivity contribution in [2.45, 2.75) is 19.8 Å². The third-order valence-electron chi connectivity index (χ3n) is 1.78. The van der Waals surface area contributed by atoms with Gasteiger partial charge in [-0.3, -0.25) is 0 Å². The summed E-state index contributed by atoms with van der Waals surface area (Å²) < 4.78 is 13.0. The minimum Gasteiger partial charge on any atom is -0.508 e. The number of phenolic OH excluding ortho intramolecular Hbond substituents is 1. The van der Waals surface area contributed by atoms with Crippen molar-refractivity contribution in [1.82, 2.24) is 0 Å². The molecule has 0 spiro atoms. The van der Waals surface area contributed by atoms with E-state index in [2.05, 4.69) is 0 Å². The van der Waals surface area contributed by atoms with E-state index in [1.165, 1.54) is 25.1 Å². The molecule has 0 atom stereocenters. The molecule has 13 heavy (non-hydrogen) atoms. The molecular formula is C10H11FO2. The molecule has 1 rings (SSSR count). The second kappa shape index (κ2) is 4.03. The van der Waals surface area contributed by atoms with Crippen molar-refractivity contribution in [2.75, 3.05) is 0 Å². The van der Waals surface area contributed by atoms with E-state index >= 15 is 0 Å². The van der Waals surface area contributed by atoms with Crippen molar-refractivity contribution in [3.05, 3.63) is 29.6 Å². The Labute approximate surface area is 76.0 Å². The molecule has 1 aromatic rings. The molecule has 3 heteroatoms. The summed E-state index contributed by atoms with van der Waals surface area (Å²) in [5.74, 6) is -0.332. The average Bonchev–Trinajstić information content (AvgIpc) is 2.06. The van der Waals surface area contributed by atoms with Crippen molar-refractivity contribution < 1.29 is 14.3 Å². The van der Waals surface area contributed by atoms with Crippen LogP contribution < -0.4 is 0 Å². The summed E-state index contributed by atoms with van der Waals surface area (Å²) in [6.07, 6.45) is 0.649. The summed E-state index contributed by atoms with van der Waals surface area (Å²) >= 11 is 0. The molecule has 0 heterocycles. The van der Waals surface area contributed by atoms with Gasteiger partial charge in [-0.2, -0.15) is 0 Å². The van der Waals surface area contributed by atoms with Crippen LogP contribution in [0.15, 0.2) is 18.2 Å². The zero-order valence-corrected chi connectivity index (χ0v) is 7.38. The highest BCUT2D eigenvalue weighted by Gasteiger charge is 2.04. The van der Waals surface area contributed by atoms with Crippen LogP contribution in [-0.2, 0) is 11.2 Å². The quantitative estimate of drug-likeness (QED) is 0.776. The van der Waals surface area contributed by atoms with Crippen LogP contribution in [0, 0.1) is 5.82 Å². The van der Waals surface area contributed by atoms with Crippen LogP contribution in [0.4, 0.5) is 4.39 Å². The molecule has 0 aliphatic rings. The number of aromatic hydroxyl groups is 1. The summed E-state index contributed by atoms with van der Waals surface area (Å²) in [7, 11) is 0. The van der Waals surface area contributed by atoms with Gasteiger partial charge in [0.1, 0.15) is 17.3 Å². The second-order valence-electron chi connectivity index (χ2n) is 2.98. The molecule has 2 nitrogen and oxygen atoms in total. The van der Waals surface area contributed by atoms with Crippen LogP contribution in [0.1, 0.15) is 18.9 Å². The van der Waals surface area contributed by atoms with Crippen LogP contribution in [0.2, 0.25) is 0 Å². The Morgan fingerprint density at radius 2 is 2.23 bits per heavy atom. The molecule has 0 saturated heterocycles. The van der Waals surface area contributed by atoms with E-state index in [4.69, 9.17) is 5.11 Å². The number of hydrogen-bond donors (Lipinski definition) is 1. The third kappa shape index (κ3) is 2.86. The topological polar surface area (TPSA) is 37.3 Å². The fourth-order valence-corrected chi connectivity index (χ4v) is 1.06. The zero-order chi connectivity index (χ0) is 9.84. The standard InChI is InChI=1S/C10H11FO2/c1-7(12)2-3-8-6-9(13)4-5-10(8)11/h4-6,13H,2-3H2,1H3.